The Hall–Kier alpha value is -1.75. The van der Waals surface area contributed by atoms with Crippen LogP contribution in [0.4, 0.5) is 0 Å². The lowest BCUT2D eigenvalue weighted by Gasteiger charge is -2.31. The SMILES string of the molecule is CC(C)C(C)N(CC(=O)NCC1COc2ccccc2O1)C1CC1. The number of rotatable bonds is 7. The van der Waals surface area contributed by atoms with Crippen molar-refractivity contribution in [2.24, 2.45) is 5.92 Å². The van der Waals surface area contributed by atoms with Gasteiger partial charge in [0.15, 0.2) is 11.5 Å². The zero-order valence-electron chi connectivity index (χ0n) is 14.8. The van der Waals surface area contributed by atoms with E-state index in [-0.39, 0.29) is 12.0 Å². The first-order valence-electron chi connectivity index (χ1n) is 8.95. The third-order valence-corrected chi connectivity index (χ3v) is 4.92. The Morgan fingerprint density at radius 1 is 1.25 bits per heavy atom. The highest BCUT2D eigenvalue weighted by Crippen LogP contribution is 2.31. The first-order valence-corrected chi connectivity index (χ1v) is 8.95. The zero-order chi connectivity index (χ0) is 17.1. The second-order valence-corrected chi connectivity index (χ2v) is 7.19. The average molecular weight is 332 g/mol. The van der Waals surface area contributed by atoms with Gasteiger partial charge in [-0.3, -0.25) is 9.69 Å². The van der Waals surface area contributed by atoms with Gasteiger partial charge in [0.2, 0.25) is 5.91 Å². The van der Waals surface area contributed by atoms with E-state index in [9.17, 15) is 4.79 Å². The quantitative estimate of drug-likeness (QED) is 0.833. The maximum absolute atomic E-state index is 12.4. The molecule has 0 saturated heterocycles. The van der Waals surface area contributed by atoms with Crippen LogP contribution < -0.4 is 14.8 Å². The van der Waals surface area contributed by atoms with Crippen LogP contribution in [0.3, 0.4) is 0 Å². The molecule has 3 rings (SSSR count). The third kappa shape index (κ3) is 4.20. The molecule has 1 heterocycles. The van der Waals surface area contributed by atoms with E-state index in [2.05, 4.69) is 31.0 Å². The number of carbonyl (C=O) groups is 1. The minimum absolute atomic E-state index is 0.0665. The van der Waals surface area contributed by atoms with Crippen LogP contribution in [0.15, 0.2) is 24.3 Å². The lowest BCUT2D eigenvalue weighted by Crippen LogP contribution is -2.47. The van der Waals surface area contributed by atoms with E-state index in [1.54, 1.807) is 0 Å². The fraction of sp³-hybridized carbons (Fsp3) is 0.632. The molecule has 2 aliphatic rings. The average Bonchev–Trinajstić information content (AvgIpc) is 3.42. The number of benzene rings is 1. The lowest BCUT2D eigenvalue weighted by molar-refractivity contribution is -0.123. The Balaban J connectivity index is 1.47. The van der Waals surface area contributed by atoms with Gasteiger partial charge in [-0.1, -0.05) is 26.0 Å². The van der Waals surface area contributed by atoms with Crippen LogP contribution >= 0.6 is 0 Å². The minimum Gasteiger partial charge on any atom is -0.486 e. The number of carbonyl (C=O) groups excluding carboxylic acids is 1. The standard InChI is InChI=1S/C19H28N2O3/c1-13(2)14(3)21(15-8-9-15)11-19(22)20-10-16-12-23-17-6-4-5-7-18(17)24-16/h4-7,13-16H,8-12H2,1-3H3,(H,20,22). The van der Waals surface area contributed by atoms with Crippen LogP contribution in [0.5, 0.6) is 11.5 Å². The lowest BCUT2D eigenvalue weighted by atomic mass is 10.0. The summed E-state index contributed by atoms with van der Waals surface area (Å²) in [5.41, 5.74) is 0. The minimum atomic E-state index is -0.138. The number of hydrogen-bond donors (Lipinski definition) is 1. The van der Waals surface area contributed by atoms with Crippen LogP contribution in [0, 0.1) is 5.92 Å². The van der Waals surface area contributed by atoms with Crippen molar-refractivity contribution >= 4 is 5.91 Å². The summed E-state index contributed by atoms with van der Waals surface area (Å²) in [4.78, 5) is 14.7. The maximum atomic E-state index is 12.4. The molecule has 1 fully saturated rings. The summed E-state index contributed by atoms with van der Waals surface area (Å²) in [5, 5.41) is 3.00. The Morgan fingerprint density at radius 3 is 2.62 bits per heavy atom. The van der Waals surface area contributed by atoms with Gasteiger partial charge in [-0.15, -0.1) is 0 Å². The number of fused-ring (bicyclic) bond motifs is 1. The molecule has 1 aliphatic heterocycles. The van der Waals surface area contributed by atoms with E-state index in [0.29, 0.717) is 37.7 Å². The highest BCUT2D eigenvalue weighted by Gasteiger charge is 2.34. The molecule has 5 nitrogen and oxygen atoms in total. The Labute approximate surface area is 144 Å². The first kappa shape index (κ1) is 17.1. The third-order valence-electron chi connectivity index (χ3n) is 4.92. The number of amides is 1. The molecule has 0 radical (unpaired) electrons. The molecule has 1 aromatic rings. The van der Waals surface area contributed by atoms with Gasteiger partial charge in [-0.2, -0.15) is 0 Å². The Kier molecular flexibility index (Phi) is 5.29. The van der Waals surface area contributed by atoms with Crippen molar-refractivity contribution in [1.82, 2.24) is 10.2 Å². The van der Waals surface area contributed by atoms with Crippen LogP contribution in [0.25, 0.3) is 0 Å². The zero-order valence-corrected chi connectivity index (χ0v) is 14.8. The summed E-state index contributed by atoms with van der Waals surface area (Å²) >= 11 is 0. The van der Waals surface area contributed by atoms with E-state index < -0.39 is 0 Å². The molecule has 2 unspecified atom stereocenters. The van der Waals surface area contributed by atoms with Gasteiger partial charge in [0.05, 0.1) is 13.1 Å². The fourth-order valence-corrected chi connectivity index (χ4v) is 3.01. The normalized spacial score (nSPS) is 21.0. The molecule has 24 heavy (non-hydrogen) atoms. The molecule has 2 atom stereocenters. The Morgan fingerprint density at radius 2 is 1.96 bits per heavy atom. The van der Waals surface area contributed by atoms with E-state index in [0.717, 1.165) is 11.5 Å². The van der Waals surface area contributed by atoms with Crippen LogP contribution in [0.2, 0.25) is 0 Å². The fourth-order valence-electron chi connectivity index (χ4n) is 3.01. The van der Waals surface area contributed by atoms with Crippen molar-refractivity contribution in [1.29, 1.82) is 0 Å². The monoisotopic (exact) mass is 332 g/mol. The molecule has 0 aromatic heterocycles. The highest BCUT2D eigenvalue weighted by atomic mass is 16.6. The summed E-state index contributed by atoms with van der Waals surface area (Å²) < 4.78 is 11.6. The number of nitrogens with one attached hydrogen (secondary N) is 1. The summed E-state index contributed by atoms with van der Waals surface area (Å²) in [6.45, 7) is 8.04. The van der Waals surface area contributed by atoms with E-state index >= 15 is 0 Å². The van der Waals surface area contributed by atoms with Crippen molar-refractivity contribution < 1.29 is 14.3 Å². The van der Waals surface area contributed by atoms with Gasteiger partial charge < -0.3 is 14.8 Å². The molecule has 1 aromatic carbocycles. The smallest absolute Gasteiger partial charge is 0.234 e. The molecular weight excluding hydrogens is 304 g/mol. The largest absolute Gasteiger partial charge is 0.486 e. The summed E-state index contributed by atoms with van der Waals surface area (Å²) in [6, 6.07) is 8.63. The van der Waals surface area contributed by atoms with E-state index in [1.165, 1.54) is 12.8 Å². The Bertz CT molecular complexity index is 571. The number of nitrogens with zero attached hydrogens (tertiary/aromatic N) is 1. The number of ether oxygens (including phenoxy) is 2. The van der Waals surface area contributed by atoms with E-state index in [4.69, 9.17) is 9.47 Å². The van der Waals surface area contributed by atoms with Crippen molar-refractivity contribution in [2.75, 3.05) is 19.7 Å². The highest BCUT2D eigenvalue weighted by molar-refractivity contribution is 5.78. The second-order valence-electron chi connectivity index (χ2n) is 7.19. The van der Waals surface area contributed by atoms with Crippen LogP contribution in [-0.4, -0.2) is 48.7 Å². The van der Waals surface area contributed by atoms with Crippen molar-refractivity contribution in [3.05, 3.63) is 24.3 Å². The number of hydrogen-bond acceptors (Lipinski definition) is 4. The molecule has 1 amide bonds. The molecule has 0 bridgehead atoms. The van der Waals surface area contributed by atoms with E-state index in [1.807, 2.05) is 24.3 Å². The maximum Gasteiger partial charge on any atom is 0.234 e. The molecule has 1 aliphatic carbocycles. The second kappa shape index (κ2) is 7.43. The van der Waals surface area contributed by atoms with Crippen molar-refractivity contribution in [3.8, 4) is 11.5 Å². The molecular formula is C19H28N2O3. The number of para-hydroxylation sites is 2. The van der Waals surface area contributed by atoms with Gasteiger partial charge in [0.25, 0.3) is 0 Å². The topological polar surface area (TPSA) is 50.8 Å². The molecule has 132 valence electrons. The predicted molar refractivity (Wildman–Crippen MR) is 93.4 cm³/mol. The van der Waals surface area contributed by atoms with Crippen molar-refractivity contribution in [3.63, 3.8) is 0 Å². The summed E-state index contributed by atoms with van der Waals surface area (Å²) in [6.07, 6.45) is 2.28. The van der Waals surface area contributed by atoms with Gasteiger partial charge in [-0.05, 0) is 37.8 Å². The predicted octanol–water partition coefficient (Wildman–Crippen LogP) is 2.45. The summed E-state index contributed by atoms with van der Waals surface area (Å²) in [7, 11) is 0. The molecule has 1 saturated carbocycles. The first-order chi connectivity index (χ1) is 11.5. The van der Waals surface area contributed by atoms with Crippen molar-refractivity contribution in [2.45, 2.75) is 51.8 Å². The van der Waals surface area contributed by atoms with Crippen LogP contribution in [0.1, 0.15) is 33.6 Å². The molecule has 1 N–H and O–H groups in total. The molecule has 0 spiro atoms. The summed E-state index contributed by atoms with van der Waals surface area (Å²) in [5.74, 6) is 2.13. The van der Waals surface area contributed by atoms with Gasteiger partial charge in [0, 0.05) is 12.1 Å². The van der Waals surface area contributed by atoms with Gasteiger partial charge in [-0.25, -0.2) is 0 Å². The van der Waals surface area contributed by atoms with Gasteiger partial charge in [0.1, 0.15) is 12.7 Å². The molecule has 5 heteroatoms. The van der Waals surface area contributed by atoms with Crippen LogP contribution in [-0.2, 0) is 4.79 Å². The van der Waals surface area contributed by atoms with Gasteiger partial charge >= 0.3 is 0 Å².